The molecule has 1 fully saturated rings. The number of methoxy groups -OCH3 is 1. The van der Waals surface area contributed by atoms with Crippen molar-refractivity contribution in [1.82, 2.24) is 0 Å². The quantitative estimate of drug-likeness (QED) is 0.317. The minimum Gasteiger partial charge on any atom is -0.508 e. The average Bonchev–Trinajstić information content (AvgIpc) is 3.05. The number of nitrogens with zero attached hydrogens (tertiary/aromatic N) is 1. The topological polar surface area (TPSA) is 87.1 Å². The van der Waals surface area contributed by atoms with Crippen LogP contribution in [0.3, 0.4) is 0 Å². The van der Waals surface area contributed by atoms with Crippen LogP contribution < -0.4 is 9.64 Å². The lowest BCUT2D eigenvalue weighted by Crippen LogP contribution is -2.30. The number of ketones is 1. The van der Waals surface area contributed by atoms with Gasteiger partial charge in [-0.1, -0.05) is 30.3 Å². The van der Waals surface area contributed by atoms with E-state index in [-0.39, 0.29) is 17.1 Å². The van der Waals surface area contributed by atoms with Gasteiger partial charge in [-0.3, -0.25) is 14.5 Å². The third kappa shape index (κ3) is 3.81. The lowest BCUT2D eigenvalue weighted by molar-refractivity contribution is -0.132. The lowest BCUT2D eigenvalue weighted by atomic mass is 9.93. The molecule has 0 radical (unpaired) electrons. The Kier molecular flexibility index (Phi) is 5.92. The molecule has 1 aliphatic rings. The van der Waals surface area contributed by atoms with Crippen molar-refractivity contribution in [2.24, 2.45) is 0 Å². The fourth-order valence-corrected chi connectivity index (χ4v) is 4.58. The number of rotatable bonds is 4. The minimum absolute atomic E-state index is 0.0279. The SMILES string of the molecule is COc1c(C)cc(C)cc1/C(O)=C1\C(=O)C(=O)N(c2cc(C)ccc2C)C1c1ccc(O)cc1. The number of phenolic OH excluding ortho intramolecular Hbond substituents is 1. The van der Waals surface area contributed by atoms with E-state index in [0.717, 1.165) is 22.3 Å². The van der Waals surface area contributed by atoms with Crippen molar-refractivity contribution in [2.45, 2.75) is 33.7 Å². The molecule has 0 spiro atoms. The Hall–Kier alpha value is -4.06. The molecule has 174 valence electrons. The van der Waals surface area contributed by atoms with Gasteiger partial charge in [0.1, 0.15) is 17.3 Å². The number of anilines is 1. The molecule has 4 rings (SSSR count). The summed E-state index contributed by atoms with van der Waals surface area (Å²) < 4.78 is 5.54. The maximum absolute atomic E-state index is 13.4. The lowest BCUT2D eigenvalue weighted by Gasteiger charge is -2.27. The number of hydrogen-bond donors (Lipinski definition) is 2. The number of phenols is 1. The Bertz CT molecular complexity index is 1340. The molecule has 1 aliphatic heterocycles. The van der Waals surface area contributed by atoms with E-state index < -0.39 is 17.7 Å². The molecule has 0 aromatic heterocycles. The van der Waals surface area contributed by atoms with Gasteiger partial charge in [0.2, 0.25) is 0 Å². The molecule has 0 saturated carbocycles. The van der Waals surface area contributed by atoms with Gasteiger partial charge in [-0.2, -0.15) is 0 Å². The number of hydrogen-bond acceptors (Lipinski definition) is 5. The first-order valence-corrected chi connectivity index (χ1v) is 11.0. The minimum atomic E-state index is -0.883. The highest BCUT2D eigenvalue weighted by Crippen LogP contribution is 2.45. The molecule has 2 N–H and O–H groups in total. The van der Waals surface area contributed by atoms with Gasteiger partial charge in [-0.05, 0) is 79.8 Å². The van der Waals surface area contributed by atoms with Crippen LogP contribution in [0, 0.1) is 27.7 Å². The molecular weight excluding hydrogens is 430 g/mol. The second kappa shape index (κ2) is 8.71. The number of ether oxygens (including phenoxy) is 1. The highest BCUT2D eigenvalue weighted by molar-refractivity contribution is 6.51. The average molecular weight is 458 g/mol. The first-order valence-electron chi connectivity index (χ1n) is 11.0. The van der Waals surface area contributed by atoms with E-state index in [1.165, 1.54) is 24.1 Å². The zero-order chi connectivity index (χ0) is 24.7. The Morgan fingerprint density at radius 1 is 0.882 bits per heavy atom. The number of carbonyl (C=O) groups is 2. The molecule has 0 bridgehead atoms. The summed E-state index contributed by atoms with van der Waals surface area (Å²) in [5.74, 6) is -1.31. The van der Waals surface area contributed by atoms with Crippen LogP contribution in [0.2, 0.25) is 0 Å². The highest BCUT2D eigenvalue weighted by Gasteiger charge is 2.47. The summed E-state index contributed by atoms with van der Waals surface area (Å²) in [6, 6.07) is 14.7. The Morgan fingerprint density at radius 2 is 1.56 bits per heavy atom. The molecular formula is C28H27NO5. The predicted octanol–water partition coefficient (Wildman–Crippen LogP) is 5.26. The molecule has 1 heterocycles. The van der Waals surface area contributed by atoms with Crippen molar-refractivity contribution in [3.8, 4) is 11.5 Å². The van der Waals surface area contributed by atoms with Crippen molar-refractivity contribution in [3.05, 3.63) is 93.6 Å². The Morgan fingerprint density at radius 3 is 2.21 bits per heavy atom. The number of benzene rings is 3. The van der Waals surface area contributed by atoms with E-state index >= 15 is 0 Å². The van der Waals surface area contributed by atoms with Crippen LogP contribution in [0.15, 0.2) is 60.2 Å². The summed E-state index contributed by atoms with van der Waals surface area (Å²) >= 11 is 0. The summed E-state index contributed by atoms with van der Waals surface area (Å²) in [5.41, 5.74) is 4.93. The number of aliphatic hydroxyl groups excluding tert-OH is 1. The first-order chi connectivity index (χ1) is 16.1. The van der Waals surface area contributed by atoms with Crippen LogP contribution in [-0.2, 0) is 9.59 Å². The third-order valence-corrected chi connectivity index (χ3v) is 6.16. The van der Waals surface area contributed by atoms with Crippen LogP contribution in [0.5, 0.6) is 11.5 Å². The van der Waals surface area contributed by atoms with Gasteiger partial charge in [-0.25, -0.2) is 0 Å². The summed E-state index contributed by atoms with van der Waals surface area (Å²) in [4.78, 5) is 28.3. The second-order valence-electron chi connectivity index (χ2n) is 8.71. The Labute approximate surface area is 198 Å². The van der Waals surface area contributed by atoms with Crippen LogP contribution >= 0.6 is 0 Å². The smallest absolute Gasteiger partial charge is 0.300 e. The van der Waals surface area contributed by atoms with E-state index in [1.807, 2.05) is 52.0 Å². The number of carbonyl (C=O) groups excluding carboxylic acids is 2. The van der Waals surface area contributed by atoms with E-state index in [4.69, 9.17) is 4.74 Å². The monoisotopic (exact) mass is 457 g/mol. The van der Waals surface area contributed by atoms with Crippen LogP contribution in [0.1, 0.15) is 39.4 Å². The van der Waals surface area contributed by atoms with Crippen molar-refractivity contribution in [3.63, 3.8) is 0 Å². The van der Waals surface area contributed by atoms with Crippen LogP contribution in [0.25, 0.3) is 5.76 Å². The summed E-state index contributed by atoms with van der Waals surface area (Å²) in [7, 11) is 1.50. The number of amides is 1. The van der Waals surface area contributed by atoms with Crippen LogP contribution in [-0.4, -0.2) is 29.0 Å². The molecule has 1 amide bonds. The maximum atomic E-state index is 13.4. The number of Topliss-reactive ketones (excluding diaryl/α,β-unsaturated/α-hetero) is 1. The van der Waals surface area contributed by atoms with Gasteiger partial charge >= 0.3 is 0 Å². The normalized spacial score (nSPS) is 17.3. The number of aryl methyl sites for hydroxylation is 4. The van der Waals surface area contributed by atoms with Gasteiger partial charge < -0.3 is 14.9 Å². The summed E-state index contributed by atoms with van der Waals surface area (Å²) in [5, 5.41) is 21.3. The van der Waals surface area contributed by atoms with E-state index in [9.17, 15) is 19.8 Å². The zero-order valence-electron chi connectivity index (χ0n) is 19.8. The largest absolute Gasteiger partial charge is 0.508 e. The molecule has 1 saturated heterocycles. The van der Waals surface area contributed by atoms with Crippen molar-refractivity contribution < 1.29 is 24.5 Å². The first kappa shape index (κ1) is 23.1. The van der Waals surface area contributed by atoms with E-state index in [1.54, 1.807) is 18.2 Å². The molecule has 0 aliphatic carbocycles. The molecule has 1 unspecified atom stereocenters. The van der Waals surface area contributed by atoms with Gasteiger partial charge in [0.25, 0.3) is 11.7 Å². The maximum Gasteiger partial charge on any atom is 0.300 e. The molecule has 34 heavy (non-hydrogen) atoms. The van der Waals surface area contributed by atoms with Gasteiger partial charge in [0, 0.05) is 5.69 Å². The van der Waals surface area contributed by atoms with E-state index in [0.29, 0.717) is 22.6 Å². The standard InChI is InChI=1S/C28H27NO5/c1-15-6-7-17(3)22(14-15)29-24(19-8-10-20(30)11-9-19)23(26(32)28(29)33)25(31)21-13-16(2)12-18(4)27(21)34-5/h6-14,24,30-31H,1-5H3/b25-23+. The summed E-state index contributed by atoms with van der Waals surface area (Å²) in [6.45, 7) is 7.52. The highest BCUT2D eigenvalue weighted by atomic mass is 16.5. The Balaban J connectivity index is 2.04. The van der Waals surface area contributed by atoms with Crippen LogP contribution in [0.4, 0.5) is 5.69 Å². The van der Waals surface area contributed by atoms with Gasteiger partial charge in [0.15, 0.2) is 0 Å². The predicted molar refractivity (Wildman–Crippen MR) is 131 cm³/mol. The third-order valence-electron chi connectivity index (χ3n) is 6.16. The molecule has 6 nitrogen and oxygen atoms in total. The van der Waals surface area contributed by atoms with Crippen molar-refractivity contribution in [2.75, 3.05) is 12.0 Å². The molecule has 6 heteroatoms. The second-order valence-corrected chi connectivity index (χ2v) is 8.71. The number of aromatic hydroxyl groups is 1. The van der Waals surface area contributed by atoms with E-state index in [2.05, 4.69) is 0 Å². The fraction of sp³-hybridized carbons (Fsp3) is 0.214. The van der Waals surface area contributed by atoms with Crippen molar-refractivity contribution >= 4 is 23.1 Å². The zero-order valence-corrected chi connectivity index (χ0v) is 19.8. The summed E-state index contributed by atoms with van der Waals surface area (Å²) in [6.07, 6.45) is 0. The molecule has 3 aromatic carbocycles. The molecule has 1 atom stereocenters. The van der Waals surface area contributed by atoms with Gasteiger partial charge in [-0.15, -0.1) is 0 Å². The van der Waals surface area contributed by atoms with Gasteiger partial charge in [0.05, 0.1) is 24.3 Å². The fourth-order valence-electron chi connectivity index (χ4n) is 4.58. The van der Waals surface area contributed by atoms with Crippen molar-refractivity contribution in [1.29, 1.82) is 0 Å². The number of aliphatic hydroxyl groups is 1. The molecule has 3 aromatic rings.